The number of hydrogen-bond acceptors (Lipinski definition) is 4. The summed E-state index contributed by atoms with van der Waals surface area (Å²) in [5.74, 6) is -3.17. The summed E-state index contributed by atoms with van der Waals surface area (Å²) in [4.78, 5) is 34.2. The highest BCUT2D eigenvalue weighted by Gasteiger charge is 2.14. The van der Waals surface area contributed by atoms with E-state index in [4.69, 9.17) is 15.3 Å². The average molecular weight is 346 g/mol. The summed E-state index contributed by atoms with van der Waals surface area (Å²) in [5, 5.41) is 26.8. The first-order valence-corrected chi connectivity index (χ1v) is 7.73. The molecule has 0 saturated heterocycles. The van der Waals surface area contributed by atoms with Gasteiger partial charge in [0.2, 0.25) is 0 Å². The third-order valence-corrected chi connectivity index (χ3v) is 4.16. The summed E-state index contributed by atoms with van der Waals surface area (Å²) in [7, 11) is 0. The Morgan fingerprint density at radius 3 is 1.92 bits per heavy atom. The highest BCUT2D eigenvalue weighted by atomic mass is 32.2. The number of carboxylic acid groups (broad SMARTS) is 3. The molecule has 0 heterocycles. The Hall–Kier alpha value is -2.80. The summed E-state index contributed by atoms with van der Waals surface area (Å²) >= 11 is 1.34. The lowest BCUT2D eigenvalue weighted by atomic mass is 10.1. The fourth-order valence-electron chi connectivity index (χ4n) is 2.14. The van der Waals surface area contributed by atoms with Gasteiger partial charge in [-0.1, -0.05) is 23.9 Å². The lowest BCUT2D eigenvalue weighted by Gasteiger charge is -2.08. The molecule has 0 fully saturated rings. The quantitative estimate of drug-likeness (QED) is 0.706. The number of rotatable bonds is 7. The highest BCUT2D eigenvalue weighted by Crippen LogP contribution is 2.29. The maximum Gasteiger partial charge on any atom is 0.335 e. The van der Waals surface area contributed by atoms with Crippen molar-refractivity contribution in [3.63, 3.8) is 0 Å². The van der Waals surface area contributed by atoms with Crippen LogP contribution in [0.4, 0.5) is 0 Å². The van der Waals surface area contributed by atoms with Gasteiger partial charge in [-0.05, 0) is 41.5 Å². The Kier molecular flexibility index (Phi) is 5.59. The van der Waals surface area contributed by atoms with Crippen LogP contribution in [0.3, 0.4) is 0 Å². The van der Waals surface area contributed by atoms with Crippen molar-refractivity contribution in [1.29, 1.82) is 0 Å². The van der Waals surface area contributed by atoms with E-state index < -0.39 is 17.9 Å². The molecule has 0 aliphatic carbocycles. The predicted octanol–water partition coefficient (Wildman–Crippen LogP) is 2.79. The van der Waals surface area contributed by atoms with Crippen LogP contribution >= 0.6 is 11.8 Å². The molecule has 0 spiro atoms. The van der Waals surface area contributed by atoms with Gasteiger partial charge < -0.3 is 15.3 Å². The fraction of sp³-hybridized carbons (Fsp3) is 0.118. The topological polar surface area (TPSA) is 112 Å². The van der Waals surface area contributed by atoms with Gasteiger partial charge in [0.25, 0.3) is 0 Å². The van der Waals surface area contributed by atoms with Crippen molar-refractivity contribution in [2.75, 3.05) is 0 Å². The molecule has 0 amide bonds. The Morgan fingerprint density at radius 2 is 1.38 bits per heavy atom. The first kappa shape index (κ1) is 17.6. The van der Waals surface area contributed by atoms with E-state index in [-0.39, 0.29) is 24.0 Å². The molecule has 0 radical (unpaired) electrons. The first-order chi connectivity index (χ1) is 11.3. The number of hydrogen-bond donors (Lipinski definition) is 3. The van der Waals surface area contributed by atoms with Crippen molar-refractivity contribution in [2.24, 2.45) is 0 Å². The van der Waals surface area contributed by atoms with Crippen molar-refractivity contribution in [2.45, 2.75) is 22.6 Å². The van der Waals surface area contributed by atoms with E-state index >= 15 is 0 Å². The van der Waals surface area contributed by atoms with E-state index in [0.717, 1.165) is 4.90 Å². The van der Waals surface area contributed by atoms with Gasteiger partial charge in [0.1, 0.15) is 0 Å². The molecular formula is C17H14O6S. The average Bonchev–Trinajstić information content (AvgIpc) is 2.48. The number of aromatic carboxylic acids is 1. The number of carboxylic acids is 3. The molecule has 24 heavy (non-hydrogen) atoms. The smallest absolute Gasteiger partial charge is 0.335 e. The maximum absolute atomic E-state index is 11.2. The van der Waals surface area contributed by atoms with Crippen LogP contribution in [0.25, 0.3) is 0 Å². The van der Waals surface area contributed by atoms with E-state index in [1.165, 1.54) is 17.8 Å². The summed E-state index contributed by atoms with van der Waals surface area (Å²) < 4.78 is 0. The van der Waals surface area contributed by atoms with Crippen LogP contribution in [0.5, 0.6) is 0 Å². The lowest BCUT2D eigenvalue weighted by molar-refractivity contribution is -0.137. The Bertz CT molecular complexity index is 782. The Labute approximate surface area is 141 Å². The molecule has 2 aromatic rings. The second-order valence-corrected chi connectivity index (χ2v) is 6.16. The van der Waals surface area contributed by atoms with Crippen LogP contribution in [0.15, 0.2) is 52.3 Å². The van der Waals surface area contributed by atoms with Crippen LogP contribution in [0.1, 0.15) is 21.5 Å². The molecule has 2 aromatic carbocycles. The van der Waals surface area contributed by atoms with Crippen LogP contribution < -0.4 is 0 Å². The minimum absolute atomic E-state index is 0.0291. The van der Waals surface area contributed by atoms with Gasteiger partial charge in [0, 0.05) is 9.79 Å². The molecule has 0 saturated carbocycles. The Morgan fingerprint density at radius 1 is 0.792 bits per heavy atom. The van der Waals surface area contributed by atoms with Gasteiger partial charge >= 0.3 is 17.9 Å². The van der Waals surface area contributed by atoms with Gasteiger partial charge in [-0.25, -0.2) is 4.79 Å². The molecule has 0 atom stereocenters. The molecule has 2 rings (SSSR count). The van der Waals surface area contributed by atoms with E-state index in [1.54, 1.807) is 36.4 Å². The second-order valence-electron chi connectivity index (χ2n) is 5.01. The highest BCUT2D eigenvalue weighted by molar-refractivity contribution is 7.99. The van der Waals surface area contributed by atoms with E-state index in [1.807, 2.05) is 0 Å². The molecule has 0 aromatic heterocycles. The van der Waals surface area contributed by atoms with Gasteiger partial charge in [-0.3, -0.25) is 9.59 Å². The maximum atomic E-state index is 11.2. The van der Waals surface area contributed by atoms with E-state index in [2.05, 4.69) is 0 Å². The number of benzene rings is 2. The van der Waals surface area contributed by atoms with Gasteiger partial charge in [-0.15, -0.1) is 0 Å². The molecule has 7 heteroatoms. The second kappa shape index (κ2) is 7.65. The molecular weight excluding hydrogens is 332 g/mol. The van der Waals surface area contributed by atoms with E-state index in [9.17, 15) is 14.4 Å². The zero-order chi connectivity index (χ0) is 17.7. The molecule has 3 N–H and O–H groups in total. The van der Waals surface area contributed by atoms with Crippen molar-refractivity contribution in [1.82, 2.24) is 0 Å². The van der Waals surface area contributed by atoms with Crippen LogP contribution in [-0.2, 0) is 22.4 Å². The summed E-state index contributed by atoms with van der Waals surface area (Å²) in [6, 6.07) is 11.5. The van der Waals surface area contributed by atoms with Gasteiger partial charge in [-0.2, -0.15) is 0 Å². The van der Waals surface area contributed by atoms with Crippen molar-refractivity contribution in [3.8, 4) is 0 Å². The number of aliphatic carboxylic acids is 2. The minimum atomic E-state index is -1.17. The third-order valence-electron chi connectivity index (χ3n) is 3.16. The molecule has 0 aliphatic rings. The van der Waals surface area contributed by atoms with Gasteiger partial charge in [0.15, 0.2) is 0 Å². The molecule has 6 nitrogen and oxygen atoms in total. The van der Waals surface area contributed by atoms with Crippen molar-refractivity contribution in [3.05, 3.63) is 59.2 Å². The SMILES string of the molecule is O=C(O)Cc1ccc(Sc2ccc(C(=O)O)c(CC(=O)O)c2)cc1. The fourth-order valence-corrected chi connectivity index (χ4v) is 3.02. The zero-order valence-electron chi connectivity index (χ0n) is 12.4. The van der Waals surface area contributed by atoms with Crippen molar-refractivity contribution < 1.29 is 29.7 Å². The number of carbonyl (C=O) groups is 3. The minimum Gasteiger partial charge on any atom is -0.481 e. The zero-order valence-corrected chi connectivity index (χ0v) is 13.2. The molecule has 0 bridgehead atoms. The molecule has 0 unspecified atom stereocenters. The van der Waals surface area contributed by atoms with Crippen LogP contribution in [-0.4, -0.2) is 33.2 Å². The van der Waals surface area contributed by atoms with Crippen molar-refractivity contribution >= 4 is 29.7 Å². The lowest BCUT2D eigenvalue weighted by Crippen LogP contribution is -2.07. The summed E-state index contributed by atoms with van der Waals surface area (Å²) in [6.45, 7) is 0. The van der Waals surface area contributed by atoms with E-state index in [0.29, 0.717) is 10.5 Å². The first-order valence-electron chi connectivity index (χ1n) is 6.92. The van der Waals surface area contributed by atoms with Gasteiger partial charge in [0.05, 0.1) is 18.4 Å². The molecule has 0 aliphatic heterocycles. The largest absolute Gasteiger partial charge is 0.481 e. The Balaban J connectivity index is 2.21. The normalized spacial score (nSPS) is 10.3. The van der Waals surface area contributed by atoms with Crippen LogP contribution in [0, 0.1) is 0 Å². The monoisotopic (exact) mass is 346 g/mol. The summed E-state index contributed by atoms with van der Waals surface area (Å²) in [5.41, 5.74) is 0.890. The van der Waals surface area contributed by atoms with Crippen LogP contribution in [0.2, 0.25) is 0 Å². The standard InChI is InChI=1S/C17H14O6S/c18-15(19)7-10-1-3-12(4-2-10)24-13-5-6-14(17(22)23)11(8-13)9-16(20)21/h1-6,8H,7,9H2,(H,18,19)(H,20,21)(H,22,23). The molecule has 124 valence electrons. The third kappa shape index (κ3) is 4.85. The summed E-state index contributed by atoms with van der Waals surface area (Å²) in [6.07, 6.45) is -0.422. The predicted molar refractivity (Wildman–Crippen MR) is 86.6 cm³/mol.